The topological polar surface area (TPSA) is 71.4 Å². The number of hydrogen-bond acceptors (Lipinski definition) is 4. The third-order valence-corrected chi connectivity index (χ3v) is 4.92. The average Bonchev–Trinajstić information content (AvgIpc) is 2.81. The van der Waals surface area contributed by atoms with Crippen LogP contribution in [0.25, 0.3) is 6.08 Å². The number of nitriles is 1. The fourth-order valence-electron chi connectivity index (χ4n) is 3.15. The molecule has 0 heterocycles. The summed E-state index contributed by atoms with van der Waals surface area (Å²) in [5.74, 6) is 0.808. The van der Waals surface area contributed by atoms with E-state index in [-0.39, 0.29) is 11.5 Å². The number of amides is 1. The summed E-state index contributed by atoms with van der Waals surface area (Å²) in [5, 5.41) is 12.3. The minimum atomic E-state index is -0.348. The molecule has 164 valence electrons. The standard InChI is InChI=1S/C26H32N2O3/c1-3-4-5-6-7-11-16-28-26(29)23(19-27)17-22-14-15-24(30-2)25(18-22)31-20-21-12-9-8-10-13-21/h8-10,12-15,17-18H,3-7,11,16,20H2,1-2H3,(H,28,29). The Balaban J connectivity index is 1.97. The lowest BCUT2D eigenvalue weighted by atomic mass is 10.1. The van der Waals surface area contributed by atoms with Crippen LogP contribution in [0, 0.1) is 11.3 Å². The number of ether oxygens (including phenoxy) is 2. The van der Waals surface area contributed by atoms with Gasteiger partial charge in [0.25, 0.3) is 5.91 Å². The summed E-state index contributed by atoms with van der Waals surface area (Å²) in [7, 11) is 1.58. The lowest BCUT2D eigenvalue weighted by molar-refractivity contribution is -0.117. The first-order valence-corrected chi connectivity index (χ1v) is 10.9. The molecule has 0 aliphatic carbocycles. The van der Waals surface area contributed by atoms with Gasteiger partial charge in [0.15, 0.2) is 11.5 Å². The van der Waals surface area contributed by atoms with Crippen molar-refractivity contribution >= 4 is 12.0 Å². The van der Waals surface area contributed by atoms with E-state index in [1.807, 2.05) is 36.4 Å². The summed E-state index contributed by atoms with van der Waals surface area (Å²) >= 11 is 0. The molecule has 0 saturated carbocycles. The number of benzene rings is 2. The lowest BCUT2D eigenvalue weighted by Crippen LogP contribution is -2.25. The quantitative estimate of drug-likeness (QED) is 0.258. The predicted octanol–water partition coefficient (Wildman–Crippen LogP) is 5.66. The maximum atomic E-state index is 12.4. The van der Waals surface area contributed by atoms with Gasteiger partial charge in [-0.15, -0.1) is 0 Å². The number of carbonyl (C=O) groups excluding carboxylic acids is 1. The Hall–Kier alpha value is -3.26. The second-order valence-corrected chi connectivity index (χ2v) is 7.38. The largest absolute Gasteiger partial charge is 0.493 e. The molecule has 0 fully saturated rings. The highest BCUT2D eigenvalue weighted by atomic mass is 16.5. The first-order chi connectivity index (χ1) is 15.2. The first-order valence-electron chi connectivity index (χ1n) is 10.9. The van der Waals surface area contributed by atoms with E-state index in [0.717, 1.165) is 18.4 Å². The number of hydrogen-bond donors (Lipinski definition) is 1. The maximum absolute atomic E-state index is 12.4. The van der Waals surface area contributed by atoms with Gasteiger partial charge in [0, 0.05) is 6.54 Å². The molecule has 1 N–H and O–H groups in total. The Morgan fingerprint density at radius 3 is 2.48 bits per heavy atom. The normalized spacial score (nSPS) is 10.9. The Bertz CT molecular complexity index is 885. The van der Waals surface area contributed by atoms with Crippen molar-refractivity contribution in [2.75, 3.05) is 13.7 Å². The van der Waals surface area contributed by atoms with Crippen LogP contribution < -0.4 is 14.8 Å². The van der Waals surface area contributed by atoms with Crippen LogP contribution in [0.4, 0.5) is 0 Å². The number of nitrogens with one attached hydrogen (secondary N) is 1. The van der Waals surface area contributed by atoms with E-state index in [4.69, 9.17) is 9.47 Å². The van der Waals surface area contributed by atoms with Crippen molar-refractivity contribution in [2.45, 2.75) is 52.1 Å². The second kappa shape index (κ2) is 13.9. The number of rotatable bonds is 13. The van der Waals surface area contributed by atoms with E-state index >= 15 is 0 Å². The van der Waals surface area contributed by atoms with Crippen LogP contribution in [0.15, 0.2) is 54.1 Å². The number of methoxy groups -OCH3 is 1. The zero-order valence-corrected chi connectivity index (χ0v) is 18.5. The van der Waals surface area contributed by atoms with E-state index in [9.17, 15) is 10.1 Å². The zero-order valence-electron chi connectivity index (χ0n) is 18.5. The van der Waals surface area contributed by atoms with Gasteiger partial charge in [-0.2, -0.15) is 5.26 Å². The average molecular weight is 421 g/mol. The number of nitrogens with zero attached hydrogens (tertiary/aromatic N) is 1. The van der Waals surface area contributed by atoms with Crippen LogP contribution >= 0.6 is 0 Å². The summed E-state index contributed by atoms with van der Waals surface area (Å²) in [6.45, 7) is 3.17. The van der Waals surface area contributed by atoms with Crippen LogP contribution in [0.2, 0.25) is 0 Å². The molecule has 2 rings (SSSR count). The molecule has 0 unspecified atom stereocenters. The molecule has 0 aliphatic rings. The van der Waals surface area contributed by atoms with Gasteiger partial charge < -0.3 is 14.8 Å². The third-order valence-electron chi connectivity index (χ3n) is 4.92. The highest BCUT2D eigenvalue weighted by Gasteiger charge is 2.10. The summed E-state index contributed by atoms with van der Waals surface area (Å²) < 4.78 is 11.3. The van der Waals surface area contributed by atoms with Gasteiger partial charge in [-0.25, -0.2) is 0 Å². The minimum Gasteiger partial charge on any atom is -0.493 e. The molecule has 0 atom stereocenters. The smallest absolute Gasteiger partial charge is 0.261 e. The molecule has 2 aromatic carbocycles. The van der Waals surface area contributed by atoms with Crippen LogP contribution in [0.1, 0.15) is 56.6 Å². The molecule has 0 saturated heterocycles. The SMILES string of the molecule is CCCCCCCCNC(=O)C(C#N)=Cc1ccc(OC)c(OCc2ccccc2)c1. The molecule has 0 bridgehead atoms. The van der Waals surface area contributed by atoms with Crippen molar-refractivity contribution in [3.05, 3.63) is 65.2 Å². The van der Waals surface area contributed by atoms with Crippen molar-refractivity contribution in [3.8, 4) is 17.6 Å². The molecule has 5 nitrogen and oxygen atoms in total. The lowest BCUT2D eigenvalue weighted by Gasteiger charge is -2.12. The summed E-state index contributed by atoms with van der Waals surface area (Å²) in [5.41, 5.74) is 1.82. The molecule has 0 radical (unpaired) electrons. The molecule has 0 spiro atoms. The molecular weight excluding hydrogens is 388 g/mol. The second-order valence-electron chi connectivity index (χ2n) is 7.38. The van der Waals surface area contributed by atoms with Gasteiger partial charge in [-0.05, 0) is 35.8 Å². The van der Waals surface area contributed by atoms with Crippen LogP contribution in [0.5, 0.6) is 11.5 Å². The molecule has 0 aromatic heterocycles. The maximum Gasteiger partial charge on any atom is 0.261 e. The Kier molecular flexibility index (Phi) is 10.7. The molecule has 0 aliphatic heterocycles. The van der Waals surface area contributed by atoms with E-state index in [2.05, 4.69) is 12.2 Å². The van der Waals surface area contributed by atoms with Gasteiger partial charge in [0.05, 0.1) is 7.11 Å². The summed E-state index contributed by atoms with van der Waals surface area (Å²) in [6.07, 6.45) is 8.48. The fourth-order valence-corrected chi connectivity index (χ4v) is 3.15. The van der Waals surface area contributed by atoms with Gasteiger partial charge in [0.1, 0.15) is 18.2 Å². The van der Waals surface area contributed by atoms with Gasteiger partial charge in [0.2, 0.25) is 0 Å². The Morgan fingerprint density at radius 1 is 1.03 bits per heavy atom. The molecular formula is C26H32N2O3. The highest BCUT2D eigenvalue weighted by Crippen LogP contribution is 2.29. The van der Waals surface area contributed by atoms with Crippen LogP contribution in [0.3, 0.4) is 0 Å². The number of unbranched alkanes of at least 4 members (excludes halogenated alkanes) is 5. The number of carbonyl (C=O) groups is 1. The van der Waals surface area contributed by atoms with Crippen molar-refractivity contribution in [2.24, 2.45) is 0 Å². The van der Waals surface area contributed by atoms with E-state index in [1.165, 1.54) is 25.7 Å². The van der Waals surface area contributed by atoms with Crippen molar-refractivity contribution in [3.63, 3.8) is 0 Å². The van der Waals surface area contributed by atoms with Gasteiger partial charge in [-0.3, -0.25) is 4.79 Å². The van der Waals surface area contributed by atoms with Crippen molar-refractivity contribution in [1.82, 2.24) is 5.32 Å². The van der Waals surface area contributed by atoms with Crippen molar-refractivity contribution in [1.29, 1.82) is 5.26 Å². The first kappa shape index (κ1) is 24.0. The van der Waals surface area contributed by atoms with E-state index < -0.39 is 0 Å². The van der Waals surface area contributed by atoms with E-state index in [1.54, 1.807) is 31.4 Å². The van der Waals surface area contributed by atoms with Crippen LogP contribution in [-0.2, 0) is 11.4 Å². The molecule has 2 aromatic rings. The highest BCUT2D eigenvalue weighted by molar-refractivity contribution is 6.01. The predicted molar refractivity (Wildman–Crippen MR) is 124 cm³/mol. The van der Waals surface area contributed by atoms with E-state index in [0.29, 0.717) is 30.2 Å². The molecule has 5 heteroatoms. The zero-order chi connectivity index (χ0) is 22.3. The van der Waals surface area contributed by atoms with Gasteiger partial charge >= 0.3 is 0 Å². The third kappa shape index (κ3) is 8.55. The summed E-state index contributed by atoms with van der Waals surface area (Å²) in [6, 6.07) is 17.2. The van der Waals surface area contributed by atoms with Crippen molar-refractivity contribution < 1.29 is 14.3 Å². The fraction of sp³-hybridized carbons (Fsp3) is 0.385. The summed E-state index contributed by atoms with van der Waals surface area (Å²) in [4.78, 5) is 12.4. The molecule has 1 amide bonds. The Morgan fingerprint density at radius 2 is 1.77 bits per heavy atom. The Labute approximate surface area is 185 Å². The minimum absolute atomic E-state index is 0.0742. The molecule has 31 heavy (non-hydrogen) atoms. The van der Waals surface area contributed by atoms with Gasteiger partial charge in [-0.1, -0.05) is 75.4 Å². The van der Waals surface area contributed by atoms with Crippen LogP contribution in [-0.4, -0.2) is 19.6 Å². The monoisotopic (exact) mass is 420 g/mol.